The molecule has 0 bridgehead atoms. The van der Waals surface area contributed by atoms with E-state index in [1.807, 2.05) is 18.2 Å². The molecular formula is C18H25N3. The fraction of sp³-hybridized carbons (Fsp3) is 0.444. The van der Waals surface area contributed by atoms with Crippen LogP contribution < -0.4 is 5.32 Å². The van der Waals surface area contributed by atoms with Crippen LogP contribution in [0, 0.1) is 0 Å². The molecule has 0 saturated carbocycles. The topological polar surface area (TPSA) is 36.8 Å². The van der Waals surface area contributed by atoms with E-state index >= 15 is 0 Å². The van der Waals surface area contributed by atoms with Gasteiger partial charge in [-0.1, -0.05) is 43.7 Å². The molecule has 21 heavy (non-hydrogen) atoms. The number of benzene rings is 1. The van der Waals surface area contributed by atoms with Crippen molar-refractivity contribution in [1.29, 1.82) is 0 Å². The van der Waals surface area contributed by atoms with Crippen LogP contribution in [-0.2, 0) is 0 Å². The number of hydrogen-bond acceptors (Lipinski definition) is 2. The van der Waals surface area contributed by atoms with Gasteiger partial charge in [0.25, 0.3) is 0 Å². The molecule has 2 rings (SSSR count). The van der Waals surface area contributed by atoms with Crippen LogP contribution in [0.2, 0.25) is 0 Å². The Morgan fingerprint density at radius 1 is 1.10 bits per heavy atom. The second kappa shape index (κ2) is 6.70. The SMILES string of the molecule is CCCCN=C1NC(c2ccccc2)=CC1=NC(C)(C)C. The third-order valence-electron chi connectivity index (χ3n) is 3.10. The van der Waals surface area contributed by atoms with Crippen LogP contribution in [0.25, 0.3) is 5.70 Å². The van der Waals surface area contributed by atoms with Crippen LogP contribution in [0.1, 0.15) is 46.1 Å². The molecule has 0 spiro atoms. The van der Waals surface area contributed by atoms with Crippen molar-refractivity contribution < 1.29 is 0 Å². The van der Waals surface area contributed by atoms with Crippen molar-refractivity contribution in [2.75, 3.05) is 6.54 Å². The molecule has 1 aliphatic rings. The smallest absolute Gasteiger partial charge is 0.151 e. The van der Waals surface area contributed by atoms with E-state index in [1.54, 1.807) is 0 Å². The van der Waals surface area contributed by atoms with Crippen molar-refractivity contribution in [3.05, 3.63) is 42.0 Å². The quantitative estimate of drug-likeness (QED) is 0.831. The standard InChI is InChI=1S/C18H25N3/c1-5-6-12-19-17-16(21-18(2,3)4)13-15(20-17)14-10-8-7-9-11-14/h7-11,13H,5-6,12H2,1-4H3,(H,19,20,21). The van der Waals surface area contributed by atoms with Crippen LogP contribution in [-0.4, -0.2) is 23.6 Å². The van der Waals surface area contributed by atoms with Gasteiger partial charge in [0.05, 0.1) is 5.54 Å². The molecule has 1 aromatic rings. The van der Waals surface area contributed by atoms with Crippen LogP contribution in [0.15, 0.2) is 46.4 Å². The Morgan fingerprint density at radius 3 is 2.43 bits per heavy atom. The molecule has 3 nitrogen and oxygen atoms in total. The minimum absolute atomic E-state index is 0.106. The van der Waals surface area contributed by atoms with E-state index in [0.717, 1.165) is 36.6 Å². The van der Waals surface area contributed by atoms with Crippen molar-refractivity contribution in [3.8, 4) is 0 Å². The predicted molar refractivity (Wildman–Crippen MR) is 92.0 cm³/mol. The first kappa shape index (κ1) is 15.5. The first-order chi connectivity index (χ1) is 9.99. The number of amidine groups is 1. The lowest BCUT2D eigenvalue weighted by atomic mass is 10.1. The molecular weight excluding hydrogens is 258 g/mol. The van der Waals surface area contributed by atoms with Crippen LogP contribution in [0.5, 0.6) is 0 Å². The van der Waals surface area contributed by atoms with Gasteiger partial charge in [-0.3, -0.25) is 9.98 Å². The largest absolute Gasteiger partial charge is 0.338 e. The van der Waals surface area contributed by atoms with E-state index in [9.17, 15) is 0 Å². The molecule has 1 N–H and O–H groups in total. The summed E-state index contributed by atoms with van der Waals surface area (Å²) in [5.74, 6) is 0.900. The molecule has 0 amide bonds. The lowest BCUT2D eigenvalue weighted by Gasteiger charge is -2.13. The summed E-state index contributed by atoms with van der Waals surface area (Å²) in [6.45, 7) is 9.35. The predicted octanol–water partition coefficient (Wildman–Crippen LogP) is 4.07. The molecule has 0 radical (unpaired) electrons. The van der Waals surface area contributed by atoms with E-state index in [-0.39, 0.29) is 5.54 Å². The number of unbranched alkanes of at least 4 members (excludes halogenated alkanes) is 1. The summed E-state index contributed by atoms with van der Waals surface area (Å²) in [6, 6.07) is 10.3. The van der Waals surface area contributed by atoms with Crippen molar-refractivity contribution in [1.82, 2.24) is 5.32 Å². The zero-order valence-corrected chi connectivity index (χ0v) is 13.5. The molecule has 1 aromatic carbocycles. The van der Waals surface area contributed by atoms with Crippen LogP contribution >= 0.6 is 0 Å². The maximum atomic E-state index is 4.79. The average molecular weight is 283 g/mol. The fourth-order valence-electron chi connectivity index (χ4n) is 2.12. The van der Waals surface area contributed by atoms with Gasteiger partial charge >= 0.3 is 0 Å². The Labute approximate surface area is 127 Å². The first-order valence-electron chi connectivity index (χ1n) is 7.68. The highest BCUT2D eigenvalue weighted by Gasteiger charge is 2.21. The highest BCUT2D eigenvalue weighted by Crippen LogP contribution is 2.18. The van der Waals surface area contributed by atoms with Gasteiger partial charge in [-0.15, -0.1) is 0 Å². The number of nitrogens with zero attached hydrogens (tertiary/aromatic N) is 2. The lowest BCUT2D eigenvalue weighted by Crippen LogP contribution is -2.25. The summed E-state index contributed by atoms with van der Waals surface area (Å²) in [4.78, 5) is 9.47. The van der Waals surface area contributed by atoms with Gasteiger partial charge in [0.1, 0.15) is 5.71 Å². The van der Waals surface area contributed by atoms with Gasteiger partial charge in [-0.25, -0.2) is 0 Å². The van der Waals surface area contributed by atoms with Gasteiger partial charge in [-0.05, 0) is 38.8 Å². The maximum absolute atomic E-state index is 4.79. The maximum Gasteiger partial charge on any atom is 0.151 e. The van der Waals surface area contributed by atoms with Gasteiger partial charge in [0.2, 0.25) is 0 Å². The van der Waals surface area contributed by atoms with Crippen LogP contribution in [0.3, 0.4) is 0 Å². The summed E-state index contributed by atoms with van der Waals surface area (Å²) in [5.41, 5.74) is 3.09. The van der Waals surface area contributed by atoms with Gasteiger partial charge in [-0.2, -0.15) is 0 Å². The molecule has 3 heteroatoms. The Kier molecular flexibility index (Phi) is 4.94. The Morgan fingerprint density at radius 2 is 1.81 bits per heavy atom. The number of rotatable bonds is 4. The molecule has 0 fully saturated rings. The van der Waals surface area contributed by atoms with Crippen LogP contribution in [0.4, 0.5) is 0 Å². The minimum atomic E-state index is -0.106. The molecule has 0 saturated heterocycles. The molecule has 0 unspecified atom stereocenters. The molecule has 1 heterocycles. The highest BCUT2D eigenvalue weighted by atomic mass is 15.1. The van der Waals surface area contributed by atoms with Crippen molar-refractivity contribution >= 4 is 17.2 Å². The monoisotopic (exact) mass is 283 g/mol. The molecule has 0 aromatic heterocycles. The van der Waals surface area contributed by atoms with Gasteiger partial charge in [0, 0.05) is 12.2 Å². The highest BCUT2D eigenvalue weighted by molar-refractivity contribution is 6.50. The third kappa shape index (κ3) is 4.55. The summed E-state index contributed by atoms with van der Waals surface area (Å²) in [6.07, 6.45) is 4.36. The lowest BCUT2D eigenvalue weighted by molar-refractivity contribution is 0.585. The van der Waals surface area contributed by atoms with Crippen molar-refractivity contribution in [2.45, 2.75) is 46.1 Å². The molecule has 0 atom stereocenters. The normalized spacial score (nSPS) is 19.0. The van der Waals surface area contributed by atoms with Gasteiger partial charge in [0.15, 0.2) is 5.84 Å². The van der Waals surface area contributed by atoms with Crippen molar-refractivity contribution in [2.24, 2.45) is 9.98 Å². The van der Waals surface area contributed by atoms with Gasteiger partial charge < -0.3 is 5.32 Å². The molecule has 112 valence electrons. The summed E-state index contributed by atoms with van der Waals surface area (Å²) >= 11 is 0. The summed E-state index contributed by atoms with van der Waals surface area (Å²) < 4.78 is 0. The van der Waals surface area contributed by atoms with E-state index in [2.05, 4.69) is 56.2 Å². The van der Waals surface area contributed by atoms with E-state index < -0.39 is 0 Å². The number of hydrogen-bond donors (Lipinski definition) is 1. The first-order valence-corrected chi connectivity index (χ1v) is 7.68. The number of nitrogens with one attached hydrogen (secondary N) is 1. The van der Waals surface area contributed by atoms with E-state index in [0.29, 0.717) is 0 Å². The molecule has 0 aliphatic carbocycles. The third-order valence-corrected chi connectivity index (χ3v) is 3.10. The molecule has 1 aliphatic heterocycles. The second-order valence-electron chi connectivity index (χ2n) is 6.30. The fourth-order valence-corrected chi connectivity index (χ4v) is 2.12. The van der Waals surface area contributed by atoms with Crippen molar-refractivity contribution in [3.63, 3.8) is 0 Å². The Bertz CT molecular complexity index is 560. The summed E-state index contributed by atoms with van der Waals surface area (Å²) in [5, 5.41) is 3.42. The summed E-state index contributed by atoms with van der Waals surface area (Å²) in [7, 11) is 0. The zero-order valence-electron chi connectivity index (χ0n) is 13.5. The van der Waals surface area contributed by atoms with E-state index in [4.69, 9.17) is 4.99 Å². The zero-order chi connectivity index (χ0) is 15.3. The second-order valence-corrected chi connectivity index (χ2v) is 6.30. The minimum Gasteiger partial charge on any atom is -0.338 e. The Balaban J connectivity index is 2.29. The Hall–Kier alpha value is -1.90. The van der Waals surface area contributed by atoms with E-state index in [1.165, 1.54) is 5.56 Å². The number of aliphatic imine (C=N–C) groups is 2. The average Bonchev–Trinajstić information content (AvgIpc) is 2.81.